The molecule has 1 heterocycles. The number of hydrogen-bond donors (Lipinski definition) is 0. The van der Waals surface area contributed by atoms with Gasteiger partial charge >= 0.3 is 5.97 Å². The van der Waals surface area contributed by atoms with Crippen LogP contribution in [0.5, 0.6) is 11.5 Å². The fourth-order valence-corrected chi connectivity index (χ4v) is 3.71. The molecule has 0 bridgehead atoms. The van der Waals surface area contributed by atoms with Crippen LogP contribution < -0.4 is 9.47 Å². The maximum Gasteiger partial charge on any atom is 0.328 e. The Kier molecular flexibility index (Phi) is 7.29. The molecule has 170 valence electrons. The minimum atomic E-state index is -0.895. The van der Waals surface area contributed by atoms with Crippen molar-refractivity contribution in [2.45, 2.75) is 38.8 Å². The molecule has 0 saturated carbocycles. The third kappa shape index (κ3) is 4.66. The average Bonchev–Trinajstić information content (AvgIpc) is 2.81. The van der Waals surface area contributed by atoms with Gasteiger partial charge in [-0.1, -0.05) is 37.6 Å². The molecule has 0 spiro atoms. The molecule has 0 N–H and O–H groups in total. The maximum atomic E-state index is 13.5. The highest BCUT2D eigenvalue weighted by Crippen LogP contribution is 2.37. The first-order valence-corrected chi connectivity index (χ1v) is 10.4. The van der Waals surface area contributed by atoms with Crippen LogP contribution in [0.15, 0.2) is 36.4 Å². The van der Waals surface area contributed by atoms with Crippen molar-refractivity contribution < 1.29 is 28.7 Å². The third-order valence-electron chi connectivity index (χ3n) is 5.45. The monoisotopic (exact) mass is 442 g/mol. The van der Waals surface area contributed by atoms with Crippen molar-refractivity contribution in [3.8, 4) is 11.5 Å². The van der Waals surface area contributed by atoms with Crippen LogP contribution in [0.2, 0.25) is 0 Å². The van der Waals surface area contributed by atoms with E-state index >= 15 is 0 Å². The lowest BCUT2D eigenvalue weighted by molar-refractivity contribution is -0.385. The number of ether oxygens (including phenoxy) is 3. The lowest BCUT2D eigenvalue weighted by atomic mass is 9.93. The molecule has 0 aliphatic carbocycles. The van der Waals surface area contributed by atoms with Gasteiger partial charge in [0.05, 0.1) is 31.8 Å². The zero-order valence-corrected chi connectivity index (χ0v) is 18.3. The molecule has 0 aromatic heterocycles. The SMILES string of the molecule is CCCCOc1cc([N+](=O)[O-])c(C(=O)N2Cc3ccccc3CC2C(=O)OC)cc1OC. The third-order valence-corrected chi connectivity index (χ3v) is 5.45. The Morgan fingerprint density at radius 2 is 1.88 bits per heavy atom. The first-order valence-electron chi connectivity index (χ1n) is 10.4. The highest BCUT2D eigenvalue weighted by atomic mass is 16.6. The van der Waals surface area contributed by atoms with Crippen molar-refractivity contribution in [3.05, 3.63) is 63.2 Å². The summed E-state index contributed by atoms with van der Waals surface area (Å²) >= 11 is 0. The molecule has 2 aromatic rings. The number of unbranched alkanes of at least 4 members (excludes halogenated alkanes) is 1. The molecule has 3 rings (SSSR count). The van der Waals surface area contributed by atoms with Crippen molar-refractivity contribution >= 4 is 17.6 Å². The normalized spacial score (nSPS) is 15.0. The number of nitro benzene ring substituents is 1. The Morgan fingerprint density at radius 1 is 1.16 bits per heavy atom. The summed E-state index contributed by atoms with van der Waals surface area (Å²) in [7, 11) is 2.65. The van der Waals surface area contributed by atoms with Crippen LogP contribution in [-0.2, 0) is 22.5 Å². The summed E-state index contributed by atoms with van der Waals surface area (Å²) in [5.41, 5.74) is 1.21. The van der Waals surface area contributed by atoms with E-state index in [0.29, 0.717) is 6.61 Å². The minimum Gasteiger partial charge on any atom is -0.493 e. The highest BCUT2D eigenvalue weighted by Gasteiger charge is 2.38. The van der Waals surface area contributed by atoms with E-state index < -0.39 is 28.5 Å². The summed E-state index contributed by atoms with van der Waals surface area (Å²) in [5.74, 6) is -0.832. The Hall–Kier alpha value is -3.62. The quantitative estimate of drug-likeness (QED) is 0.266. The van der Waals surface area contributed by atoms with Gasteiger partial charge in [-0.2, -0.15) is 0 Å². The van der Waals surface area contributed by atoms with Crippen molar-refractivity contribution in [3.63, 3.8) is 0 Å². The summed E-state index contributed by atoms with van der Waals surface area (Å²) in [6.45, 7) is 2.49. The molecule has 0 radical (unpaired) electrons. The molecule has 9 heteroatoms. The molecule has 9 nitrogen and oxygen atoms in total. The number of methoxy groups -OCH3 is 2. The van der Waals surface area contributed by atoms with Crippen LogP contribution >= 0.6 is 0 Å². The highest BCUT2D eigenvalue weighted by molar-refractivity contribution is 6.01. The molecule has 1 unspecified atom stereocenters. The van der Waals surface area contributed by atoms with Crippen LogP contribution in [-0.4, -0.2) is 48.6 Å². The number of fused-ring (bicyclic) bond motifs is 1. The molecular formula is C23H26N2O7. The second kappa shape index (κ2) is 10.1. The molecule has 0 fully saturated rings. The van der Waals surface area contributed by atoms with Crippen LogP contribution in [0.25, 0.3) is 0 Å². The van der Waals surface area contributed by atoms with E-state index in [2.05, 4.69) is 0 Å². The zero-order chi connectivity index (χ0) is 23.3. The maximum absolute atomic E-state index is 13.5. The standard InChI is InChI=1S/C23H26N2O7/c1-4-5-10-32-21-13-18(25(28)29)17(12-20(21)30-2)22(26)24-14-16-9-7-6-8-15(16)11-19(24)23(27)31-3/h6-9,12-13,19H,4-5,10-11,14H2,1-3H3. The number of hydrogen-bond acceptors (Lipinski definition) is 7. The Bertz CT molecular complexity index is 1020. The van der Waals surface area contributed by atoms with E-state index in [1.165, 1.54) is 31.3 Å². The fraction of sp³-hybridized carbons (Fsp3) is 0.391. The van der Waals surface area contributed by atoms with Gasteiger partial charge in [-0.3, -0.25) is 14.9 Å². The number of carbonyl (C=O) groups is 2. The summed E-state index contributed by atoms with van der Waals surface area (Å²) in [4.78, 5) is 38.5. The Balaban J connectivity index is 2.04. The van der Waals surface area contributed by atoms with Crippen LogP contribution in [0.1, 0.15) is 41.3 Å². The molecule has 1 amide bonds. The van der Waals surface area contributed by atoms with E-state index in [-0.39, 0.29) is 30.0 Å². The summed E-state index contributed by atoms with van der Waals surface area (Å²) in [6.07, 6.45) is 1.93. The van der Waals surface area contributed by atoms with E-state index in [1.807, 2.05) is 31.2 Å². The van der Waals surface area contributed by atoms with Crippen LogP contribution in [0.3, 0.4) is 0 Å². The summed E-state index contributed by atoms with van der Waals surface area (Å²) in [6, 6.07) is 9.06. The van der Waals surface area contributed by atoms with Gasteiger partial charge in [0.2, 0.25) is 0 Å². The van der Waals surface area contributed by atoms with Gasteiger partial charge in [-0.05, 0) is 17.5 Å². The molecular weight excluding hydrogens is 416 g/mol. The molecule has 2 aromatic carbocycles. The number of amides is 1. The van der Waals surface area contributed by atoms with Crippen LogP contribution in [0.4, 0.5) is 5.69 Å². The first-order chi connectivity index (χ1) is 15.4. The van der Waals surface area contributed by atoms with Crippen molar-refractivity contribution in [2.24, 2.45) is 0 Å². The molecule has 1 aliphatic rings. The molecule has 32 heavy (non-hydrogen) atoms. The summed E-state index contributed by atoms with van der Waals surface area (Å²) < 4.78 is 15.9. The second-order valence-electron chi connectivity index (χ2n) is 7.42. The van der Waals surface area contributed by atoms with Gasteiger partial charge in [-0.25, -0.2) is 4.79 Å². The van der Waals surface area contributed by atoms with Crippen molar-refractivity contribution in [1.29, 1.82) is 0 Å². The van der Waals surface area contributed by atoms with Gasteiger partial charge in [0.1, 0.15) is 11.6 Å². The second-order valence-corrected chi connectivity index (χ2v) is 7.42. The van der Waals surface area contributed by atoms with Gasteiger partial charge in [0, 0.05) is 19.0 Å². The van der Waals surface area contributed by atoms with Gasteiger partial charge in [-0.15, -0.1) is 0 Å². The predicted octanol–water partition coefficient (Wildman–Crippen LogP) is 3.52. The van der Waals surface area contributed by atoms with Gasteiger partial charge < -0.3 is 19.1 Å². The van der Waals surface area contributed by atoms with E-state index in [9.17, 15) is 19.7 Å². The predicted molar refractivity (Wildman–Crippen MR) is 116 cm³/mol. The summed E-state index contributed by atoms with van der Waals surface area (Å²) in [5, 5.41) is 11.8. The Labute approximate surface area is 186 Å². The van der Waals surface area contributed by atoms with E-state index in [4.69, 9.17) is 14.2 Å². The Morgan fingerprint density at radius 3 is 2.50 bits per heavy atom. The fourth-order valence-electron chi connectivity index (χ4n) is 3.71. The van der Waals surface area contributed by atoms with Crippen molar-refractivity contribution in [2.75, 3.05) is 20.8 Å². The topological polar surface area (TPSA) is 108 Å². The zero-order valence-electron chi connectivity index (χ0n) is 18.3. The minimum absolute atomic E-state index is 0.128. The van der Waals surface area contributed by atoms with Gasteiger partial charge in [0.15, 0.2) is 11.5 Å². The smallest absolute Gasteiger partial charge is 0.328 e. The van der Waals surface area contributed by atoms with E-state index in [1.54, 1.807) is 0 Å². The van der Waals surface area contributed by atoms with Gasteiger partial charge in [0.25, 0.3) is 11.6 Å². The van der Waals surface area contributed by atoms with Crippen molar-refractivity contribution in [1.82, 2.24) is 4.90 Å². The van der Waals surface area contributed by atoms with Crippen LogP contribution in [0, 0.1) is 10.1 Å². The number of nitrogens with zero attached hydrogens (tertiary/aromatic N) is 2. The molecule has 1 atom stereocenters. The number of esters is 1. The number of rotatable bonds is 8. The first kappa shape index (κ1) is 23.1. The lowest BCUT2D eigenvalue weighted by Gasteiger charge is -2.35. The van der Waals surface area contributed by atoms with E-state index in [0.717, 1.165) is 24.0 Å². The molecule has 1 aliphatic heterocycles. The number of carbonyl (C=O) groups excluding carboxylic acids is 2. The number of benzene rings is 2. The largest absolute Gasteiger partial charge is 0.493 e. The number of nitro groups is 1. The average molecular weight is 442 g/mol. The lowest BCUT2D eigenvalue weighted by Crippen LogP contribution is -2.49. The molecule has 0 saturated heterocycles.